The van der Waals surface area contributed by atoms with Crippen LogP contribution in [0.25, 0.3) is 0 Å². The number of nitrogens with one attached hydrogen (secondary N) is 2. The lowest BCUT2D eigenvalue weighted by atomic mass is 10.3. The van der Waals surface area contributed by atoms with Crippen LogP contribution in [0.2, 0.25) is 0 Å². The first-order chi connectivity index (χ1) is 9.88. The van der Waals surface area contributed by atoms with Crippen LogP contribution >= 0.6 is 11.3 Å². The molecule has 2 aromatic heterocycles. The highest BCUT2D eigenvalue weighted by Gasteiger charge is 2.33. The third-order valence-corrected chi connectivity index (χ3v) is 3.29. The summed E-state index contributed by atoms with van der Waals surface area (Å²) in [5, 5.41) is 8.27. The lowest BCUT2D eigenvalue weighted by Gasteiger charge is -2.11. The van der Waals surface area contributed by atoms with Crippen LogP contribution in [0.5, 0.6) is 0 Å². The molecular formula is C12H14F3N5S. The van der Waals surface area contributed by atoms with Crippen molar-refractivity contribution >= 4 is 23.1 Å². The Balaban J connectivity index is 2.19. The summed E-state index contributed by atoms with van der Waals surface area (Å²) in [6, 6.07) is 0.889. The van der Waals surface area contributed by atoms with E-state index in [2.05, 4.69) is 25.6 Å². The Morgan fingerprint density at radius 3 is 2.52 bits per heavy atom. The molecule has 0 bridgehead atoms. The second-order valence-corrected chi connectivity index (χ2v) is 5.26. The van der Waals surface area contributed by atoms with E-state index in [1.165, 1.54) is 11.3 Å². The van der Waals surface area contributed by atoms with Crippen LogP contribution in [0, 0.1) is 6.92 Å². The van der Waals surface area contributed by atoms with Gasteiger partial charge in [0.05, 0.1) is 17.2 Å². The summed E-state index contributed by atoms with van der Waals surface area (Å²) in [5.41, 5.74) is -0.222. The Hall–Kier alpha value is -1.90. The first-order valence-corrected chi connectivity index (χ1v) is 7.11. The zero-order valence-electron chi connectivity index (χ0n) is 11.5. The third-order valence-electron chi connectivity index (χ3n) is 2.47. The minimum absolute atomic E-state index is 0.0516. The largest absolute Gasteiger partial charge is 0.433 e. The summed E-state index contributed by atoms with van der Waals surface area (Å²) in [6.07, 6.45) is -4.51. The number of halogens is 3. The maximum Gasteiger partial charge on any atom is 0.433 e. The fourth-order valence-corrected chi connectivity index (χ4v) is 2.20. The van der Waals surface area contributed by atoms with Crippen molar-refractivity contribution in [1.29, 1.82) is 0 Å². The van der Waals surface area contributed by atoms with Gasteiger partial charge in [-0.1, -0.05) is 0 Å². The lowest BCUT2D eigenvalue weighted by molar-refractivity contribution is -0.141. The van der Waals surface area contributed by atoms with Gasteiger partial charge < -0.3 is 10.6 Å². The maximum atomic E-state index is 12.8. The van der Waals surface area contributed by atoms with Gasteiger partial charge in [0, 0.05) is 18.0 Å². The molecule has 0 atom stereocenters. The zero-order valence-corrected chi connectivity index (χ0v) is 12.3. The van der Waals surface area contributed by atoms with E-state index >= 15 is 0 Å². The fourth-order valence-electron chi connectivity index (χ4n) is 1.59. The molecule has 0 fully saturated rings. The molecule has 0 radical (unpaired) electrons. The van der Waals surface area contributed by atoms with Gasteiger partial charge in [0.2, 0.25) is 5.95 Å². The van der Waals surface area contributed by atoms with Crippen LogP contribution in [0.15, 0.2) is 11.4 Å². The van der Waals surface area contributed by atoms with Crippen LogP contribution < -0.4 is 10.6 Å². The maximum absolute atomic E-state index is 12.8. The van der Waals surface area contributed by atoms with Crippen molar-refractivity contribution in [2.75, 3.05) is 17.2 Å². The molecule has 0 aliphatic rings. The van der Waals surface area contributed by atoms with E-state index in [1.54, 1.807) is 6.92 Å². The number of hydrogen-bond acceptors (Lipinski definition) is 6. The summed E-state index contributed by atoms with van der Waals surface area (Å²) in [4.78, 5) is 11.7. The molecule has 2 aromatic rings. The normalized spacial score (nSPS) is 11.5. The van der Waals surface area contributed by atoms with Crippen molar-refractivity contribution in [1.82, 2.24) is 15.0 Å². The molecule has 0 saturated carbocycles. The molecule has 0 unspecified atom stereocenters. The first-order valence-electron chi connectivity index (χ1n) is 6.23. The number of hydrogen-bond donors (Lipinski definition) is 2. The Bertz CT molecular complexity index is 611. The topological polar surface area (TPSA) is 62.7 Å². The van der Waals surface area contributed by atoms with Crippen LogP contribution in [0.4, 0.5) is 24.9 Å². The van der Waals surface area contributed by atoms with Crippen LogP contribution in [-0.2, 0) is 12.7 Å². The predicted molar refractivity (Wildman–Crippen MR) is 75.4 cm³/mol. The van der Waals surface area contributed by atoms with Gasteiger partial charge in [0.15, 0.2) is 5.69 Å². The second-order valence-electron chi connectivity index (χ2n) is 4.20. The van der Waals surface area contributed by atoms with Gasteiger partial charge in [-0.05, 0) is 13.8 Å². The molecular weight excluding hydrogens is 303 g/mol. The average molecular weight is 317 g/mol. The van der Waals surface area contributed by atoms with E-state index in [1.807, 2.05) is 12.3 Å². The quantitative estimate of drug-likeness (QED) is 0.886. The molecule has 2 rings (SSSR count). The van der Waals surface area contributed by atoms with Gasteiger partial charge in [0.25, 0.3) is 0 Å². The number of alkyl halides is 3. The van der Waals surface area contributed by atoms with Gasteiger partial charge >= 0.3 is 6.18 Å². The Labute approximate surface area is 123 Å². The van der Waals surface area contributed by atoms with Crippen molar-refractivity contribution in [3.8, 4) is 0 Å². The molecule has 9 heteroatoms. The van der Waals surface area contributed by atoms with E-state index in [0.29, 0.717) is 13.1 Å². The van der Waals surface area contributed by atoms with E-state index in [0.717, 1.165) is 16.8 Å². The number of aryl methyl sites for hydroxylation is 1. The molecule has 0 aliphatic carbocycles. The third kappa shape index (κ3) is 4.28. The molecule has 21 heavy (non-hydrogen) atoms. The highest BCUT2D eigenvalue weighted by Crippen LogP contribution is 2.29. The minimum Gasteiger partial charge on any atom is -0.364 e. The van der Waals surface area contributed by atoms with Crippen LogP contribution in [0.3, 0.4) is 0 Å². The second kappa shape index (κ2) is 6.25. The minimum atomic E-state index is -4.51. The molecule has 5 nitrogen and oxygen atoms in total. The number of nitrogens with zero attached hydrogens (tertiary/aromatic N) is 3. The van der Waals surface area contributed by atoms with Gasteiger partial charge in [-0.2, -0.15) is 18.2 Å². The summed E-state index contributed by atoms with van der Waals surface area (Å²) < 4.78 is 38.4. The summed E-state index contributed by atoms with van der Waals surface area (Å²) >= 11 is 1.48. The summed E-state index contributed by atoms with van der Waals surface area (Å²) in [5.74, 6) is 0.0585. The molecule has 0 amide bonds. The summed E-state index contributed by atoms with van der Waals surface area (Å²) in [6.45, 7) is 4.37. The Morgan fingerprint density at radius 1 is 1.19 bits per heavy atom. The highest BCUT2D eigenvalue weighted by atomic mass is 32.1. The molecule has 0 aromatic carbocycles. The molecule has 2 heterocycles. The number of aromatic nitrogens is 3. The predicted octanol–water partition coefficient (Wildman–Crippen LogP) is 3.30. The van der Waals surface area contributed by atoms with Crippen LogP contribution in [0.1, 0.15) is 23.3 Å². The van der Waals surface area contributed by atoms with Crippen molar-refractivity contribution in [3.63, 3.8) is 0 Å². The molecule has 0 aliphatic heterocycles. The number of anilines is 2. The molecule has 2 N–H and O–H groups in total. The van der Waals surface area contributed by atoms with E-state index < -0.39 is 11.9 Å². The van der Waals surface area contributed by atoms with Crippen molar-refractivity contribution < 1.29 is 13.2 Å². The zero-order chi connectivity index (χ0) is 15.5. The standard InChI is InChI=1S/C12H14F3N5S/c1-3-16-11-19-9(12(13,14)15)4-10(20-11)17-5-8-6-21-7(2)18-8/h4,6H,3,5H2,1-2H3,(H2,16,17,19,20). The van der Waals surface area contributed by atoms with Crippen molar-refractivity contribution in [2.24, 2.45) is 0 Å². The van der Waals surface area contributed by atoms with E-state index in [4.69, 9.17) is 0 Å². The van der Waals surface area contributed by atoms with Crippen molar-refractivity contribution in [3.05, 3.63) is 27.8 Å². The van der Waals surface area contributed by atoms with Gasteiger partial charge in [0.1, 0.15) is 5.82 Å². The highest BCUT2D eigenvalue weighted by molar-refractivity contribution is 7.09. The number of thiazole rings is 1. The smallest absolute Gasteiger partial charge is 0.364 e. The average Bonchev–Trinajstić information content (AvgIpc) is 2.81. The SMILES string of the molecule is CCNc1nc(NCc2csc(C)n2)cc(C(F)(F)F)n1. The monoisotopic (exact) mass is 317 g/mol. The first kappa shape index (κ1) is 15.5. The molecule has 0 saturated heterocycles. The molecule has 114 valence electrons. The van der Waals surface area contributed by atoms with Crippen molar-refractivity contribution in [2.45, 2.75) is 26.6 Å². The van der Waals surface area contributed by atoms with Crippen LogP contribution in [-0.4, -0.2) is 21.5 Å². The lowest BCUT2D eigenvalue weighted by Crippen LogP contribution is -2.14. The van der Waals surface area contributed by atoms with Gasteiger partial charge in [-0.25, -0.2) is 9.97 Å². The van der Waals surface area contributed by atoms with Gasteiger partial charge in [-0.15, -0.1) is 11.3 Å². The van der Waals surface area contributed by atoms with Gasteiger partial charge in [-0.3, -0.25) is 0 Å². The van der Waals surface area contributed by atoms with E-state index in [-0.39, 0.29) is 11.8 Å². The summed E-state index contributed by atoms with van der Waals surface area (Å²) in [7, 11) is 0. The molecule has 0 spiro atoms. The number of rotatable bonds is 5. The fraction of sp³-hybridized carbons (Fsp3) is 0.417. The Kier molecular flexibility index (Phi) is 4.61. The van der Waals surface area contributed by atoms with E-state index in [9.17, 15) is 13.2 Å². The Morgan fingerprint density at radius 2 is 1.95 bits per heavy atom.